The molecule has 0 atom stereocenters. The minimum absolute atomic E-state index is 0.492. The van der Waals surface area contributed by atoms with Gasteiger partial charge >= 0.3 is 6.01 Å². The number of unbranched alkanes of at least 4 members (excludes halogenated alkanes) is 1. The SMILES string of the molecule is c1ccc(-c2ccc(-c3nnc(NCCCCN4CCOCC4)o3)s2)cc1. The fraction of sp³-hybridized carbons (Fsp3) is 0.400. The van der Waals surface area contributed by atoms with Crippen molar-refractivity contribution in [1.29, 1.82) is 0 Å². The van der Waals surface area contributed by atoms with Gasteiger partial charge in [-0.05, 0) is 37.1 Å². The quantitative estimate of drug-likeness (QED) is 0.593. The van der Waals surface area contributed by atoms with Crippen molar-refractivity contribution in [1.82, 2.24) is 15.1 Å². The van der Waals surface area contributed by atoms with Crippen LogP contribution in [0.25, 0.3) is 21.2 Å². The molecule has 0 bridgehead atoms. The number of thiophene rings is 1. The molecule has 1 aromatic carbocycles. The highest BCUT2D eigenvalue weighted by Gasteiger charge is 2.12. The lowest BCUT2D eigenvalue weighted by Crippen LogP contribution is -2.36. The molecule has 0 unspecified atom stereocenters. The molecule has 0 aliphatic carbocycles. The molecule has 2 aromatic heterocycles. The number of nitrogens with zero attached hydrogens (tertiary/aromatic N) is 3. The molecule has 0 amide bonds. The molecule has 142 valence electrons. The Hall–Kier alpha value is -2.22. The van der Waals surface area contributed by atoms with Gasteiger partial charge in [0.25, 0.3) is 5.89 Å². The molecule has 27 heavy (non-hydrogen) atoms. The minimum Gasteiger partial charge on any atom is -0.403 e. The molecular weight excluding hydrogens is 360 g/mol. The summed E-state index contributed by atoms with van der Waals surface area (Å²) in [5.41, 5.74) is 1.20. The fourth-order valence-electron chi connectivity index (χ4n) is 3.09. The summed E-state index contributed by atoms with van der Waals surface area (Å²) in [5, 5.41) is 11.5. The van der Waals surface area contributed by atoms with Gasteiger partial charge in [0.15, 0.2) is 0 Å². The normalized spacial score (nSPS) is 15.1. The first-order valence-corrected chi connectivity index (χ1v) is 10.2. The second-order valence-electron chi connectivity index (χ2n) is 6.53. The van der Waals surface area contributed by atoms with Crippen LogP contribution in [0, 0.1) is 0 Å². The molecule has 1 aliphatic rings. The molecule has 0 spiro atoms. The number of aromatic nitrogens is 2. The standard InChI is InChI=1S/C20H24N4O2S/c1-2-6-16(7-3-1)17-8-9-18(27-17)19-22-23-20(26-19)21-10-4-5-11-24-12-14-25-15-13-24/h1-3,6-9H,4-5,10-15H2,(H,21,23). The molecule has 1 saturated heterocycles. The van der Waals surface area contributed by atoms with E-state index in [1.54, 1.807) is 11.3 Å². The first-order chi connectivity index (χ1) is 13.4. The van der Waals surface area contributed by atoms with Crippen molar-refractivity contribution in [3.63, 3.8) is 0 Å². The molecule has 7 heteroatoms. The van der Waals surface area contributed by atoms with Crippen LogP contribution >= 0.6 is 11.3 Å². The highest BCUT2D eigenvalue weighted by atomic mass is 32.1. The van der Waals surface area contributed by atoms with E-state index < -0.39 is 0 Å². The van der Waals surface area contributed by atoms with Crippen molar-refractivity contribution < 1.29 is 9.15 Å². The summed E-state index contributed by atoms with van der Waals surface area (Å²) >= 11 is 1.66. The summed E-state index contributed by atoms with van der Waals surface area (Å²) in [4.78, 5) is 4.64. The van der Waals surface area contributed by atoms with Gasteiger partial charge in [-0.3, -0.25) is 4.90 Å². The first-order valence-electron chi connectivity index (χ1n) is 9.41. The van der Waals surface area contributed by atoms with Gasteiger partial charge in [0, 0.05) is 24.5 Å². The third-order valence-electron chi connectivity index (χ3n) is 4.58. The van der Waals surface area contributed by atoms with Crippen LogP contribution in [0.3, 0.4) is 0 Å². The number of benzene rings is 1. The maximum absolute atomic E-state index is 5.77. The Kier molecular flexibility index (Phi) is 6.13. The maximum Gasteiger partial charge on any atom is 0.315 e. The van der Waals surface area contributed by atoms with Crippen molar-refractivity contribution in [2.24, 2.45) is 0 Å². The molecule has 1 fully saturated rings. The lowest BCUT2D eigenvalue weighted by Gasteiger charge is -2.26. The third kappa shape index (κ3) is 4.94. The average molecular weight is 385 g/mol. The zero-order valence-electron chi connectivity index (χ0n) is 15.3. The molecule has 4 rings (SSSR count). The van der Waals surface area contributed by atoms with E-state index >= 15 is 0 Å². The monoisotopic (exact) mass is 384 g/mol. The van der Waals surface area contributed by atoms with Crippen molar-refractivity contribution in [2.45, 2.75) is 12.8 Å². The van der Waals surface area contributed by atoms with Crippen LogP contribution in [0.4, 0.5) is 6.01 Å². The second kappa shape index (κ2) is 9.12. The summed E-state index contributed by atoms with van der Waals surface area (Å²) in [5.74, 6) is 0.568. The van der Waals surface area contributed by atoms with E-state index in [-0.39, 0.29) is 0 Å². The van der Waals surface area contributed by atoms with Crippen LogP contribution in [0.2, 0.25) is 0 Å². The lowest BCUT2D eigenvalue weighted by molar-refractivity contribution is 0.0373. The maximum atomic E-state index is 5.77. The van der Waals surface area contributed by atoms with Gasteiger partial charge in [-0.15, -0.1) is 16.4 Å². The van der Waals surface area contributed by atoms with Crippen LogP contribution in [0.15, 0.2) is 46.9 Å². The molecule has 6 nitrogen and oxygen atoms in total. The Balaban J connectivity index is 1.24. The molecule has 1 N–H and O–H groups in total. The zero-order valence-corrected chi connectivity index (χ0v) is 16.1. The van der Waals surface area contributed by atoms with E-state index in [9.17, 15) is 0 Å². The van der Waals surface area contributed by atoms with Crippen molar-refractivity contribution in [3.8, 4) is 21.2 Å². The van der Waals surface area contributed by atoms with E-state index in [0.29, 0.717) is 11.9 Å². The largest absolute Gasteiger partial charge is 0.403 e. The summed E-state index contributed by atoms with van der Waals surface area (Å²) in [6, 6.07) is 14.9. The van der Waals surface area contributed by atoms with Gasteiger partial charge in [0.1, 0.15) is 0 Å². The third-order valence-corrected chi connectivity index (χ3v) is 5.70. The van der Waals surface area contributed by atoms with Gasteiger partial charge < -0.3 is 14.5 Å². The predicted octanol–water partition coefficient (Wildman–Crippen LogP) is 3.99. The minimum atomic E-state index is 0.492. The van der Waals surface area contributed by atoms with Gasteiger partial charge in [0.2, 0.25) is 0 Å². The van der Waals surface area contributed by atoms with Crippen LogP contribution in [0.1, 0.15) is 12.8 Å². The van der Waals surface area contributed by atoms with E-state index in [1.807, 2.05) is 24.3 Å². The lowest BCUT2D eigenvalue weighted by atomic mass is 10.2. The van der Waals surface area contributed by atoms with Gasteiger partial charge in [-0.1, -0.05) is 35.4 Å². The average Bonchev–Trinajstić information content (AvgIpc) is 3.39. The van der Waals surface area contributed by atoms with E-state index in [1.165, 1.54) is 10.4 Å². The number of nitrogens with one attached hydrogen (secondary N) is 1. The van der Waals surface area contributed by atoms with Gasteiger partial charge in [-0.2, -0.15) is 0 Å². The number of hydrogen-bond acceptors (Lipinski definition) is 7. The van der Waals surface area contributed by atoms with Gasteiger partial charge in [-0.25, -0.2) is 0 Å². The molecule has 0 radical (unpaired) electrons. The fourth-order valence-corrected chi connectivity index (χ4v) is 4.02. The van der Waals surface area contributed by atoms with Crippen LogP contribution in [-0.2, 0) is 4.74 Å². The Morgan fingerprint density at radius 3 is 2.63 bits per heavy atom. The zero-order chi connectivity index (χ0) is 18.3. The Morgan fingerprint density at radius 2 is 1.78 bits per heavy atom. The Morgan fingerprint density at radius 1 is 0.963 bits per heavy atom. The van der Waals surface area contributed by atoms with Crippen molar-refractivity contribution >= 4 is 17.4 Å². The topological polar surface area (TPSA) is 63.4 Å². The van der Waals surface area contributed by atoms with Crippen molar-refractivity contribution in [2.75, 3.05) is 44.7 Å². The first kappa shape index (κ1) is 18.2. The number of ether oxygens (including phenoxy) is 1. The van der Waals surface area contributed by atoms with Crippen LogP contribution < -0.4 is 5.32 Å². The highest BCUT2D eigenvalue weighted by molar-refractivity contribution is 7.18. The Labute approximate surface area is 163 Å². The predicted molar refractivity (Wildman–Crippen MR) is 108 cm³/mol. The highest BCUT2D eigenvalue weighted by Crippen LogP contribution is 2.34. The summed E-state index contributed by atoms with van der Waals surface area (Å²) in [6.45, 7) is 5.77. The van der Waals surface area contributed by atoms with E-state index in [2.05, 4.69) is 38.6 Å². The molecular formula is C20H24N4O2S. The molecule has 0 saturated carbocycles. The summed E-state index contributed by atoms with van der Waals surface area (Å²) in [7, 11) is 0. The molecule has 3 aromatic rings. The number of hydrogen-bond donors (Lipinski definition) is 1. The molecule has 3 heterocycles. The van der Waals surface area contributed by atoms with Crippen LogP contribution in [0.5, 0.6) is 0 Å². The van der Waals surface area contributed by atoms with E-state index in [4.69, 9.17) is 9.15 Å². The van der Waals surface area contributed by atoms with Crippen molar-refractivity contribution in [3.05, 3.63) is 42.5 Å². The summed E-state index contributed by atoms with van der Waals surface area (Å²) < 4.78 is 11.1. The van der Waals surface area contributed by atoms with Gasteiger partial charge in [0.05, 0.1) is 18.1 Å². The number of rotatable bonds is 8. The number of morpholine rings is 1. The molecule has 1 aliphatic heterocycles. The van der Waals surface area contributed by atoms with E-state index in [0.717, 1.165) is 57.1 Å². The summed E-state index contributed by atoms with van der Waals surface area (Å²) in [6.07, 6.45) is 2.23. The number of anilines is 1. The Bertz CT molecular complexity index is 827. The van der Waals surface area contributed by atoms with Crippen LogP contribution in [-0.4, -0.2) is 54.5 Å². The smallest absolute Gasteiger partial charge is 0.315 e. The second-order valence-corrected chi connectivity index (χ2v) is 7.61.